The number of aromatic nitrogens is 1. The van der Waals surface area contributed by atoms with Gasteiger partial charge in [-0.15, -0.1) is 0 Å². The smallest absolute Gasteiger partial charge is 0.270 e. The van der Waals surface area contributed by atoms with E-state index < -0.39 is 11.8 Å². The zero-order valence-corrected chi connectivity index (χ0v) is 20.6. The molecule has 5 N–H and O–H groups in total. The number of rotatable bonds is 11. The Morgan fingerprint density at radius 1 is 1.14 bits per heavy atom. The van der Waals surface area contributed by atoms with Gasteiger partial charge in [0.15, 0.2) is 0 Å². The molecule has 0 atom stereocenters. The molecule has 3 aromatic rings. The van der Waals surface area contributed by atoms with Crippen molar-refractivity contribution in [3.8, 4) is 11.3 Å². The number of anilines is 1. The zero-order chi connectivity index (χ0) is 26.8. The minimum absolute atomic E-state index is 0.136. The van der Waals surface area contributed by atoms with Crippen LogP contribution in [0.4, 0.5) is 5.69 Å². The molecular formula is C27H28N6O4. The molecule has 2 aromatic carbocycles. The van der Waals surface area contributed by atoms with E-state index in [0.29, 0.717) is 18.0 Å². The Balaban J connectivity index is 1.86. The predicted molar refractivity (Wildman–Crippen MR) is 143 cm³/mol. The lowest BCUT2D eigenvalue weighted by Gasteiger charge is -2.14. The number of amides is 3. The molecule has 1 heterocycles. The van der Waals surface area contributed by atoms with Crippen molar-refractivity contribution in [2.24, 2.45) is 0 Å². The second-order valence-electron chi connectivity index (χ2n) is 7.83. The predicted octanol–water partition coefficient (Wildman–Crippen LogP) is 2.73. The van der Waals surface area contributed by atoms with Gasteiger partial charge in [0.05, 0.1) is 30.2 Å². The van der Waals surface area contributed by atoms with Gasteiger partial charge in [0.25, 0.3) is 5.91 Å². The van der Waals surface area contributed by atoms with Crippen molar-refractivity contribution in [2.75, 3.05) is 26.0 Å². The number of nitrogens with zero attached hydrogens (tertiary/aromatic N) is 1. The Hall–Kier alpha value is -4.83. The number of allylic oxidation sites excluding steroid dienone is 1. The molecular weight excluding hydrogens is 472 g/mol. The number of hydrogen-bond donors (Lipinski definition) is 5. The van der Waals surface area contributed by atoms with Crippen molar-refractivity contribution in [3.63, 3.8) is 0 Å². The fraction of sp³-hybridized carbons (Fsp3) is 0.148. The Morgan fingerprint density at radius 3 is 2.62 bits per heavy atom. The third kappa shape index (κ3) is 6.86. The van der Waals surface area contributed by atoms with Crippen LogP contribution in [-0.2, 0) is 20.9 Å². The molecule has 3 amide bonds. The standard InChI is InChI=1S/C27H28N6O4/c1-4-24(34)33-26-19(16-37-3)11-9-17-8-10-18(12-21(17)26)22-6-5-7-23(32-22)27(36)30-15-25(35)31-20(13-28)14-29-2/h4-14,28-29H,1,15-16H2,2-3H3,(H,30,36)(H,31,35)(H,33,34)/b20-14+,28-13?. The van der Waals surface area contributed by atoms with Crippen molar-refractivity contribution < 1.29 is 19.1 Å². The van der Waals surface area contributed by atoms with E-state index in [1.165, 1.54) is 12.3 Å². The van der Waals surface area contributed by atoms with Crippen LogP contribution in [0.3, 0.4) is 0 Å². The summed E-state index contributed by atoms with van der Waals surface area (Å²) in [6.45, 7) is 3.54. The third-order valence-electron chi connectivity index (χ3n) is 5.27. The molecule has 190 valence electrons. The van der Waals surface area contributed by atoms with Gasteiger partial charge in [-0.25, -0.2) is 4.98 Å². The average Bonchev–Trinajstić information content (AvgIpc) is 2.92. The van der Waals surface area contributed by atoms with Crippen molar-refractivity contribution in [1.29, 1.82) is 5.41 Å². The normalized spacial score (nSPS) is 10.9. The lowest BCUT2D eigenvalue weighted by Crippen LogP contribution is -2.37. The molecule has 0 spiro atoms. The van der Waals surface area contributed by atoms with E-state index in [-0.39, 0.29) is 23.8 Å². The van der Waals surface area contributed by atoms with Crippen molar-refractivity contribution in [2.45, 2.75) is 6.61 Å². The summed E-state index contributed by atoms with van der Waals surface area (Å²) in [6.07, 6.45) is 3.64. The molecule has 1 aromatic heterocycles. The van der Waals surface area contributed by atoms with E-state index in [2.05, 4.69) is 32.8 Å². The molecule has 0 unspecified atom stereocenters. The monoisotopic (exact) mass is 500 g/mol. The largest absolute Gasteiger partial charge is 0.392 e. The van der Waals surface area contributed by atoms with Gasteiger partial charge in [-0.2, -0.15) is 0 Å². The van der Waals surface area contributed by atoms with Crippen LogP contribution in [-0.4, -0.2) is 49.6 Å². The average molecular weight is 501 g/mol. The summed E-state index contributed by atoms with van der Waals surface area (Å²) in [4.78, 5) is 41.3. The van der Waals surface area contributed by atoms with Gasteiger partial charge in [0.2, 0.25) is 11.8 Å². The highest BCUT2D eigenvalue weighted by molar-refractivity contribution is 6.08. The maximum absolute atomic E-state index is 12.7. The number of benzene rings is 2. The maximum atomic E-state index is 12.7. The van der Waals surface area contributed by atoms with E-state index in [4.69, 9.17) is 10.1 Å². The molecule has 37 heavy (non-hydrogen) atoms. The first-order valence-corrected chi connectivity index (χ1v) is 11.3. The molecule has 0 aliphatic carbocycles. The van der Waals surface area contributed by atoms with Crippen molar-refractivity contribution >= 4 is 40.4 Å². The molecule has 0 saturated heterocycles. The second kappa shape index (κ2) is 12.8. The zero-order valence-electron chi connectivity index (χ0n) is 20.6. The second-order valence-corrected chi connectivity index (χ2v) is 7.83. The summed E-state index contributed by atoms with van der Waals surface area (Å²) in [7, 11) is 3.22. The number of pyridine rings is 1. The minimum atomic E-state index is -0.520. The van der Waals surface area contributed by atoms with Crippen LogP contribution >= 0.6 is 0 Å². The van der Waals surface area contributed by atoms with E-state index in [0.717, 1.165) is 28.1 Å². The van der Waals surface area contributed by atoms with Crippen molar-refractivity contribution in [1.82, 2.24) is 20.9 Å². The highest BCUT2D eigenvalue weighted by Gasteiger charge is 2.14. The van der Waals surface area contributed by atoms with Crippen LogP contribution < -0.4 is 21.3 Å². The first-order chi connectivity index (χ1) is 17.9. The number of methoxy groups -OCH3 is 1. The lowest BCUT2D eigenvalue weighted by atomic mass is 10.00. The summed E-state index contributed by atoms with van der Waals surface area (Å²) in [5, 5.41) is 19.6. The lowest BCUT2D eigenvalue weighted by molar-refractivity contribution is -0.119. The van der Waals surface area contributed by atoms with E-state index in [1.54, 1.807) is 32.4 Å². The van der Waals surface area contributed by atoms with Crippen molar-refractivity contribution in [3.05, 3.63) is 84.3 Å². The maximum Gasteiger partial charge on any atom is 0.270 e. The number of carbonyl (C=O) groups is 3. The van der Waals surface area contributed by atoms with E-state index in [9.17, 15) is 14.4 Å². The van der Waals surface area contributed by atoms with Gasteiger partial charge in [0.1, 0.15) is 5.69 Å². The highest BCUT2D eigenvalue weighted by Crippen LogP contribution is 2.32. The molecule has 10 nitrogen and oxygen atoms in total. The number of nitrogens with one attached hydrogen (secondary N) is 5. The van der Waals surface area contributed by atoms with Crippen LogP contribution in [0.25, 0.3) is 22.0 Å². The van der Waals surface area contributed by atoms with Gasteiger partial charge >= 0.3 is 0 Å². The van der Waals surface area contributed by atoms with E-state index in [1.807, 2.05) is 30.3 Å². The van der Waals surface area contributed by atoms with Crippen LogP contribution in [0.5, 0.6) is 0 Å². The molecule has 0 radical (unpaired) electrons. The fourth-order valence-electron chi connectivity index (χ4n) is 3.57. The Kier molecular flexibility index (Phi) is 9.23. The topological polar surface area (TPSA) is 145 Å². The molecule has 0 fully saturated rings. The Morgan fingerprint density at radius 2 is 1.92 bits per heavy atom. The first-order valence-electron chi connectivity index (χ1n) is 11.3. The van der Waals surface area contributed by atoms with Crippen LogP contribution in [0.15, 0.2) is 73.1 Å². The van der Waals surface area contributed by atoms with E-state index >= 15 is 0 Å². The summed E-state index contributed by atoms with van der Waals surface area (Å²) in [6, 6.07) is 14.5. The fourth-order valence-corrected chi connectivity index (χ4v) is 3.57. The summed E-state index contributed by atoms with van der Waals surface area (Å²) in [5.41, 5.74) is 3.09. The van der Waals surface area contributed by atoms with Gasteiger partial charge < -0.3 is 31.4 Å². The number of hydrogen-bond acceptors (Lipinski definition) is 7. The molecule has 10 heteroatoms. The number of ether oxygens (including phenoxy) is 1. The van der Waals surface area contributed by atoms with Gasteiger partial charge in [-0.3, -0.25) is 14.4 Å². The number of carbonyl (C=O) groups excluding carboxylic acids is 3. The Labute approximate surface area is 214 Å². The quantitative estimate of drug-likeness (QED) is 0.202. The van der Waals surface area contributed by atoms with Gasteiger partial charge in [-0.05, 0) is 29.7 Å². The van der Waals surface area contributed by atoms with Gasteiger partial charge in [-0.1, -0.05) is 36.9 Å². The van der Waals surface area contributed by atoms with Crippen LogP contribution in [0.1, 0.15) is 16.1 Å². The van der Waals surface area contributed by atoms with Crippen LogP contribution in [0, 0.1) is 5.41 Å². The minimum Gasteiger partial charge on any atom is -0.392 e. The molecule has 3 rings (SSSR count). The Bertz CT molecular complexity index is 1380. The number of fused-ring (bicyclic) bond motifs is 1. The summed E-state index contributed by atoms with van der Waals surface area (Å²) in [5.74, 6) is -1.34. The van der Waals surface area contributed by atoms with Crippen LogP contribution in [0.2, 0.25) is 0 Å². The third-order valence-corrected chi connectivity index (χ3v) is 5.27. The molecule has 0 bridgehead atoms. The SMILES string of the molecule is C=CC(=O)Nc1c(COC)ccc2ccc(-c3cccc(C(=O)NCC(=O)N/C(C=N)=C/NC)n3)cc12. The van der Waals surface area contributed by atoms with Gasteiger partial charge in [0, 0.05) is 43.1 Å². The molecule has 0 saturated carbocycles. The highest BCUT2D eigenvalue weighted by atomic mass is 16.5. The summed E-state index contributed by atoms with van der Waals surface area (Å²) >= 11 is 0. The summed E-state index contributed by atoms with van der Waals surface area (Å²) < 4.78 is 5.29. The molecule has 0 aliphatic rings. The first kappa shape index (κ1) is 26.8. The molecule has 0 aliphatic heterocycles.